The molecule has 0 aliphatic carbocycles. The van der Waals surface area contributed by atoms with Crippen molar-refractivity contribution in [2.24, 2.45) is 0 Å². The monoisotopic (exact) mass is 154 g/mol. The molecule has 62 valence electrons. The van der Waals surface area contributed by atoms with Crippen molar-refractivity contribution >= 4 is 11.6 Å². The molecule has 2 N–H and O–H groups in total. The lowest BCUT2D eigenvalue weighted by Crippen LogP contribution is -2.27. The van der Waals surface area contributed by atoms with E-state index < -0.39 is 0 Å². The molecule has 0 rings (SSSR count). The van der Waals surface area contributed by atoms with Crippen LogP contribution in [0.25, 0.3) is 0 Å². The van der Waals surface area contributed by atoms with E-state index >= 15 is 0 Å². The second-order valence-corrected chi connectivity index (χ2v) is 2.26. The molecule has 0 aliphatic rings. The van der Waals surface area contributed by atoms with Crippen LogP contribution in [-0.2, 0) is 4.79 Å². The third-order valence-electron chi connectivity index (χ3n) is 1.20. The third-order valence-corrected chi connectivity index (χ3v) is 1.20. The average Bonchev–Trinajstić information content (AvgIpc) is 2.01. The number of amides is 1. The number of rotatable bonds is 5. The molecule has 0 heterocycles. The molecule has 0 atom stereocenters. The first-order chi connectivity index (χ1) is 5.20. The van der Waals surface area contributed by atoms with Gasteiger partial charge in [0.05, 0.1) is 6.54 Å². The fraction of sp³-hybridized carbons (Fsp3) is 0.500. The quantitative estimate of drug-likeness (QED) is 0.572. The van der Waals surface area contributed by atoms with Gasteiger partial charge in [-0.1, -0.05) is 13.5 Å². The van der Waals surface area contributed by atoms with Gasteiger partial charge in [0.1, 0.15) is 0 Å². The Morgan fingerprint density at radius 2 is 2.36 bits per heavy atom. The van der Waals surface area contributed by atoms with Crippen LogP contribution >= 0.6 is 0 Å². The van der Waals surface area contributed by atoms with Crippen LogP contribution in [0, 0.1) is 5.41 Å². The smallest absolute Gasteiger partial charge is 0.220 e. The minimum atomic E-state index is -0.000833. The zero-order valence-electron chi connectivity index (χ0n) is 6.81. The minimum absolute atomic E-state index is 0.000833. The van der Waals surface area contributed by atoms with Crippen LogP contribution in [0.3, 0.4) is 0 Å². The van der Waals surface area contributed by atoms with Crippen LogP contribution in [0.5, 0.6) is 0 Å². The van der Waals surface area contributed by atoms with Crippen LogP contribution in [0.4, 0.5) is 0 Å². The fourth-order valence-electron chi connectivity index (χ4n) is 0.581. The van der Waals surface area contributed by atoms with E-state index in [0.717, 1.165) is 6.42 Å². The summed E-state index contributed by atoms with van der Waals surface area (Å²) in [6.07, 6.45) is 2.80. The maximum Gasteiger partial charge on any atom is 0.220 e. The van der Waals surface area contributed by atoms with E-state index in [1.165, 1.54) is 6.08 Å². The molecule has 0 aromatic heterocycles. The van der Waals surface area contributed by atoms with E-state index in [0.29, 0.717) is 18.7 Å². The molecule has 0 bridgehead atoms. The third kappa shape index (κ3) is 5.33. The van der Waals surface area contributed by atoms with Gasteiger partial charge in [0.2, 0.25) is 5.91 Å². The summed E-state index contributed by atoms with van der Waals surface area (Å²) in [5, 5.41) is 9.73. The van der Waals surface area contributed by atoms with Crippen molar-refractivity contribution in [1.82, 2.24) is 5.32 Å². The Kier molecular flexibility index (Phi) is 5.07. The average molecular weight is 154 g/mol. The van der Waals surface area contributed by atoms with Crippen molar-refractivity contribution in [2.75, 3.05) is 6.54 Å². The largest absolute Gasteiger partial charge is 0.350 e. The summed E-state index contributed by atoms with van der Waals surface area (Å²) in [6.45, 7) is 5.65. The number of carbonyl (C=O) groups is 1. The van der Waals surface area contributed by atoms with E-state index in [1.54, 1.807) is 0 Å². The number of nitrogens with one attached hydrogen (secondary N) is 2. The molecule has 0 saturated carbocycles. The Morgan fingerprint density at radius 1 is 1.73 bits per heavy atom. The molecule has 1 amide bonds. The topological polar surface area (TPSA) is 53.0 Å². The van der Waals surface area contributed by atoms with Gasteiger partial charge in [-0.25, -0.2) is 0 Å². The van der Waals surface area contributed by atoms with Crippen molar-refractivity contribution in [1.29, 1.82) is 5.41 Å². The van der Waals surface area contributed by atoms with Gasteiger partial charge in [-0.05, 0) is 12.5 Å². The lowest BCUT2D eigenvalue weighted by Gasteiger charge is -2.01. The van der Waals surface area contributed by atoms with Crippen molar-refractivity contribution in [3.05, 3.63) is 12.7 Å². The molecule has 0 aromatic rings. The summed E-state index contributed by atoms with van der Waals surface area (Å²) in [6, 6.07) is 0. The van der Waals surface area contributed by atoms with E-state index in [4.69, 9.17) is 5.41 Å². The highest BCUT2D eigenvalue weighted by molar-refractivity contribution is 5.95. The highest BCUT2D eigenvalue weighted by Gasteiger charge is 1.97. The second-order valence-electron chi connectivity index (χ2n) is 2.26. The Labute approximate surface area is 67.0 Å². The van der Waals surface area contributed by atoms with E-state index in [-0.39, 0.29) is 5.91 Å². The molecular formula is C8H14N2O. The van der Waals surface area contributed by atoms with Crippen molar-refractivity contribution in [2.45, 2.75) is 19.8 Å². The van der Waals surface area contributed by atoms with Gasteiger partial charge in [-0.2, -0.15) is 0 Å². The maximum absolute atomic E-state index is 10.8. The highest BCUT2D eigenvalue weighted by Crippen LogP contribution is 1.84. The summed E-state index contributed by atoms with van der Waals surface area (Å²) < 4.78 is 0. The predicted octanol–water partition coefficient (Wildman–Crippen LogP) is 1.11. The SMILES string of the molecule is C=CC(=N)CNC(=O)CCC. The predicted molar refractivity (Wildman–Crippen MR) is 45.8 cm³/mol. The summed E-state index contributed by atoms with van der Waals surface area (Å²) in [7, 11) is 0. The van der Waals surface area contributed by atoms with Gasteiger partial charge in [0.25, 0.3) is 0 Å². The molecular weight excluding hydrogens is 140 g/mol. The Balaban J connectivity index is 3.45. The number of hydrogen-bond acceptors (Lipinski definition) is 2. The lowest BCUT2D eigenvalue weighted by molar-refractivity contribution is -0.120. The molecule has 11 heavy (non-hydrogen) atoms. The van der Waals surface area contributed by atoms with Gasteiger partial charge in [-0.3, -0.25) is 4.79 Å². The molecule has 0 radical (unpaired) electrons. The summed E-state index contributed by atoms with van der Waals surface area (Å²) in [5.41, 5.74) is 0.342. The van der Waals surface area contributed by atoms with Crippen molar-refractivity contribution in [3.63, 3.8) is 0 Å². The highest BCUT2D eigenvalue weighted by atomic mass is 16.1. The molecule has 3 heteroatoms. The van der Waals surface area contributed by atoms with E-state index in [2.05, 4.69) is 11.9 Å². The molecule has 0 unspecified atom stereocenters. The first-order valence-corrected chi connectivity index (χ1v) is 3.67. The van der Waals surface area contributed by atoms with E-state index in [1.807, 2.05) is 6.92 Å². The van der Waals surface area contributed by atoms with Gasteiger partial charge in [0, 0.05) is 12.1 Å². The summed E-state index contributed by atoms with van der Waals surface area (Å²) >= 11 is 0. The van der Waals surface area contributed by atoms with Gasteiger partial charge in [0.15, 0.2) is 0 Å². The lowest BCUT2D eigenvalue weighted by atomic mass is 10.3. The normalized spacial score (nSPS) is 8.82. The second kappa shape index (κ2) is 5.65. The van der Waals surface area contributed by atoms with Crippen molar-refractivity contribution < 1.29 is 4.79 Å². The summed E-state index contributed by atoms with van der Waals surface area (Å²) in [4.78, 5) is 10.8. The zero-order chi connectivity index (χ0) is 8.69. The summed E-state index contributed by atoms with van der Waals surface area (Å²) in [5.74, 6) is -0.000833. The van der Waals surface area contributed by atoms with Gasteiger partial charge in [-0.15, -0.1) is 0 Å². The van der Waals surface area contributed by atoms with Crippen LogP contribution in [0.1, 0.15) is 19.8 Å². The molecule has 0 spiro atoms. The first kappa shape index (κ1) is 9.88. The van der Waals surface area contributed by atoms with Crippen LogP contribution in [-0.4, -0.2) is 18.2 Å². The zero-order valence-corrected chi connectivity index (χ0v) is 6.81. The van der Waals surface area contributed by atoms with E-state index in [9.17, 15) is 4.79 Å². The van der Waals surface area contributed by atoms with Crippen molar-refractivity contribution in [3.8, 4) is 0 Å². The fourth-order valence-corrected chi connectivity index (χ4v) is 0.581. The Hall–Kier alpha value is -1.12. The van der Waals surface area contributed by atoms with Gasteiger partial charge < -0.3 is 10.7 Å². The first-order valence-electron chi connectivity index (χ1n) is 3.67. The van der Waals surface area contributed by atoms with Crippen LogP contribution < -0.4 is 5.32 Å². The molecule has 0 aromatic carbocycles. The molecule has 0 aliphatic heterocycles. The standard InChI is InChI=1S/C8H14N2O/c1-3-5-8(11)10-6-7(9)4-2/h4,9H,2-3,5-6H2,1H3,(H,10,11). The molecule has 0 fully saturated rings. The minimum Gasteiger partial charge on any atom is -0.350 e. The molecule has 0 saturated heterocycles. The van der Waals surface area contributed by atoms with Gasteiger partial charge >= 0.3 is 0 Å². The number of hydrogen-bond donors (Lipinski definition) is 2. The van der Waals surface area contributed by atoms with Crippen LogP contribution in [0.2, 0.25) is 0 Å². The van der Waals surface area contributed by atoms with Crippen LogP contribution in [0.15, 0.2) is 12.7 Å². The molecule has 3 nitrogen and oxygen atoms in total. The Morgan fingerprint density at radius 3 is 2.82 bits per heavy atom. The maximum atomic E-state index is 10.8. The number of carbonyl (C=O) groups excluding carboxylic acids is 1. The Bertz CT molecular complexity index is 163.